The minimum absolute atomic E-state index is 0.0296. The Kier molecular flexibility index (Phi) is 5.18. The number of carbonyl (C=O) groups is 1. The molecule has 0 radical (unpaired) electrons. The topological polar surface area (TPSA) is 92.3 Å². The first-order chi connectivity index (χ1) is 11.3. The Morgan fingerprint density at radius 1 is 1.33 bits per heavy atom. The van der Waals surface area contributed by atoms with Crippen molar-refractivity contribution in [1.29, 1.82) is 5.41 Å². The van der Waals surface area contributed by atoms with Crippen molar-refractivity contribution in [3.8, 4) is 11.6 Å². The van der Waals surface area contributed by atoms with Crippen LogP contribution in [0, 0.1) is 12.3 Å². The quantitative estimate of drug-likeness (QED) is 0.652. The molecule has 0 aliphatic rings. The molecule has 2 amide bonds. The number of primary amides is 1. The smallest absolute Gasteiger partial charge is 0.324 e. The number of amidine groups is 1. The van der Waals surface area contributed by atoms with Crippen LogP contribution in [0.25, 0.3) is 0 Å². The molecular formula is C18H22N4O2. The van der Waals surface area contributed by atoms with Crippen LogP contribution in [0.2, 0.25) is 0 Å². The fraction of sp³-hybridized carbons (Fsp3) is 0.278. The number of pyridine rings is 1. The van der Waals surface area contributed by atoms with Crippen molar-refractivity contribution in [2.75, 3.05) is 4.90 Å². The summed E-state index contributed by atoms with van der Waals surface area (Å²) in [4.78, 5) is 16.8. The largest absolute Gasteiger partial charge is 0.439 e. The molecule has 1 aromatic carbocycles. The summed E-state index contributed by atoms with van der Waals surface area (Å²) in [5.74, 6) is 1.60. The van der Waals surface area contributed by atoms with Gasteiger partial charge in [0.1, 0.15) is 11.6 Å². The molecule has 0 spiro atoms. The van der Waals surface area contributed by atoms with Crippen LogP contribution in [0.5, 0.6) is 11.6 Å². The number of hydrogen-bond acceptors (Lipinski definition) is 4. The summed E-state index contributed by atoms with van der Waals surface area (Å²) < 4.78 is 5.86. The predicted molar refractivity (Wildman–Crippen MR) is 95.0 cm³/mol. The maximum atomic E-state index is 11.5. The Balaban J connectivity index is 2.29. The van der Waals surface area contributed by atoms with E-state index in [9.17, 15) is 4.79 Å². The van der Waals surface area contributed by atoms with E-state index in [1.165, 1.54) is 18.7 Å². The van der Waals surface area contributed by atoms with Crippen LogP contribution in [-0.4, -0.2) is 16.9 Å². The molecule has 2 rings (SSSR count). The molecule has 0 bridgehead atoms. The highest BCUT2D eigenvalue weighted by molar-refractivity contribution is 6.13. The highest BCUT2D eigenvalue weighted by Gasteiger charge is 2.16. The number of ether oxygens (including phenoxy) is 1. The number of amides is 2. The summed E-state index contributed by atoms with van der Waals surface area (Å²) in [6, 6.07) is 8.86. The van der Waals surface area contributed by atoms with Crippen LogP contribution in [0.3, 0.4) is 0 Å². The number of nitrogens with one attached hydrogen (secondary N) is 1. The molecule has 2 aromatic rings. The number of rotatable bonds is 4. The van der Waals surface area contributed by atoms with Crippen molar-refractivity contribution in [3.05, 3.63) is 47.7 Å². The van der Waals surface area contributed by atoms with E-state index >= 15 is 0 Å². The normalized spacial score (nSPS) is 10.5. The minimum atomic E-state index is -0.720. The molecule has 0 unspecified atom stereocenters. The Morgan fingerprint density at radius 3 is 2.58 bits per heavy atom. The van der Waals surface area contributed by atoms with Crippen molar-refractivity contribution >= 4 is 17.6 Å². The van der Waals surface area contributed by atoms with Crippen molar-refractivity contribution < 1.29 is 9.53 Å². The van der Waals surface area contributed by atoms with Crippen LogP contribution in [0.1, 0.15) is 37.8 Å². The van der Waals surface area contributed by atoms with Gasteiger partial charge in [-0.15, -0.1) is 0 Å². The number of aryl methyl sites for hydroxylation is 1. The third-order valence-electron chi connectivity index (χ3n) is 3.57. The second kappa shape index (κ2) is 7.12. The third-order valence-corrected chi connectivity index (χ3v) is 3.57. The monoisotopic (exact) mass is 326 g/mol. The number of benzene rings is 1. The van der Waals surface area contributed by atoms with Gasteiger partial charge in [-0.1, -0.05) is 26.0 Å². The SMILES string of the molecule is CC(=N)N(C(N)=O)c1cnc(Oc2cccc(C(C)C)c2)c(C)c1. The van der Waals surface area contributed by atoms with E-state index in [0.717, 1.165) is 10.5 Å². The zero-order valence-corrected chi connectivity index (χ0v) is 14.3. The third kappa shape index (κ3) is 3.90. The molecular weight excluding hydrogens is 304 g/mol. The van der Waals surface area contributed by atoms with Gasteiger partial charge in [-0.05, 0) is 43.5 Å². The Labute approximate surface area is 141 Å². The number of anilines is 1. The second-order valence-corrected chi connectivity index (χ2v) is 5.90. The van der Waals surface area contributed by atoms with Gasteiger partial charge >= 0.3 is 6.03 Å². The molecule has 3 N–H and O–H groups in total. The summed E-state index contributed by atoms with van der Waals surface area (Å²) in [5, 5.41) is 7.65. The zero-order chi connectivity index (χ0) is 17.9. The standard InChI is InChI=1S/C18H22N4O2/c1-11(2)14-6-5-7-16(9-14)24-17-12(3)8-15(10-21-17)22(13(4)19)18(20)23/h5-11,19H,1-4H3,(H2,20,23). The number of nitrogens with two attached hydrogens (primary N) is 1. The van der Waals surface area contributed by atoms with Crippen molar-refractivity contribution in [1.82, 2.24) is 4.98 Å². The van der Waals surface area contributed by atoms with E-state index in [-0.39, 0.29) is 5.84 Å². The summed E-state index contributed by atoms with van der Waals surface area (Å²) in [7, 11) is 0. The van der Waals surface area contributed by atoms with Gasteiger partial charge in [-0.25, -0.2) is 14.7 Å². The lowest BCUT2D eigenvalue weighted by atomic mass is 10.0. The van der Waals surface area contributed by atoms with E-state index < -0.39 is 6.03 Å². The number of carbonyl (C=O) groups excluding carboxylic acids is 1. The van der Waals surface area contributed by atoms with Crippen molar-refractivity contribution in [2.45, 2.75) is 33.6 Å². The molecule has 1 aromatic heterocycles. The van der Waals surface area contributed by atoms with Gasteiger partial charge in [0, 0.05) is 5.56 Å². The van der Waals surface area contributed by atoms with Crippen LogP contribution in [0.15, 0.2) is 36.5 Å². The summed E-state index contributed by atoms with van der Waals surface area (Å²) in [6.45, 7) is 7.56. The van der Waals surface area contributed by atoms with Crippen LogP contribution in [-0.2, 0) is 0 Å². The maximum absolute atomic E-state index is 11.5. The number of nitrogens with zero attached hydrogens (tertiary/aromatic N) is 2. The molecule has 0 aliphatic heterocycles. The van der Waals surface area contributed by atoms with E-state index in [4.69, 9.17) is 15.9 Å². The highest BCUT2D eigenvalue weighted by atomic mass is 16.5. The summed E-state index contributed by atoms with van der Waals surface area (Å²) in [5.41, 5.74) is 7.68. The van der Waals surface area contributed by atoms with Gasteiger partial charge in [0.05, 0.1) is 11.9 Å². The molecule has 1 heterocycles. The van der Waals surface area contributed by atoms with Gasteiger partial charge < -0.3 is 10.5 Å². The van der Waals surface area contributed by atoms with Gasteiger partial charge in [0.15, 0.2) is 0 Å². The van der Waals surface area contributed by atoms with Crippen LogP contribution >= 0.6 is 0 Å². The first-order valence-electron chi connectivity index (χ1n) is 7.68. The predicted octanol–water partition coefficient (Wildman–Crippen LogP) is 4.19. The molecule has 6 heteroatoms. The van der Waals surface area contributed by atoms with Crippen molar-refractivity contribution in [3.63, 3.8) is 0 Å². The zero-order valence-electron chi connectivity index (χ0n) is 14.3. The average Bonchev–Trinajstić information content (AvgIpc) is 2.49. The lowest BCUT2D eigenvalue weighted by Crippen LogP contribution is -2.39. The van der Waals surface area contributed by atoms with E-state index in [1.54, 1.807) is 6.07 Å². The van der Waals surface area contributed by atoms with Crippen LogP contribution in [0.4, 0.5) is 10.5 Å². The van der Waals surface area contributed by atoms with E-state index in [2.05, 4.69) is 24.9 Å². The molecule has 24 heavy (non-hydrogen) atoms. The molecule has 0 aliphatic carbocycles. The second-order valence-electron chi connectivity index (χ2n) is 5.90. The molecule has 0 saturated carbocycles. The Bertz CT molecular complexity index is 757. The maximum Gasteiger partial charge on any atom is 0.324 e. The highest BCUT2D eigenvalue weighted by Crippen LogP contribution is 2.28. The summed E-state index contributed by atoms with van der Waals surface area (Å²) in [6.07, 6.45) is 1.47. The van der Waals surface area contributed by atoms with Crippen LogP contribution < -0.4 is 15.4 Å². The van der Waals surface area contributed by atoms with Gasteiger partial charge in [-0.2, -0.15) is 0 Å². The van der Waals surface area contributed by atoms with Gasteiger partial charge in [-0.3, -0.25) is 5.41 Å². The minimum Gasteiger partial charge on any atom is -0.439 e. The average molecular weight is 326 g/mol. The van der Waals surface area contributed by atoms with Crippen molar-refractivity contribution in [2.24, 2.45) is 5.73 Å². The van der Waals surface area contributed by atoms with E-state index in [0.29, 0.717) is 23.2 Å². The number of hydrogen-bond donors (Lipinski definition) is 2. The Hall–Kier alpha value is -2.89. The molecule has 0 atom stereocenters. The summed E-state index contributed by atoms with van der Waals surface area (Å²) >= 11 is 0. The molecule has 126 valence electrons. The fourth-order valence-corrected chi connectivity index (χ4v) is 2.31. The first kappa shape index (κ1) is 17.5. The number of urea groups is 1. The number of aromatic nitrogens is 1. The van der Waals surface area contributed by atoms with Gasteiger partial charge in [0.2, 0.25) is 5.88 Å². The van der Waals surface area contributed by atoms with E-state index in [1.807, 2.05) is 25.1 Å². The molecule has 6 nitrogen and oxygen atoms in total. The molecule has 0 fully saturated rings. The lowest BCUT2D eigenvalue weighted by molar-refractivity contribution is 0.256. The molecule has 0 saturated heterocycles. The lowest BCUT2D eigenvalue weighted by Gasteiger charge is -2.19. The fourth-order valence-electron chi connectivity index (χ4n) is 2.31. The Morgan fingerprint density at radius 2 is 2.04 bits per heavy atom. The van der Waals surface area contributed by atoms with Gasteiger partial charge in [0.25, 0.3) is 0 Å². The first-order valence-corrected chi connectivity index (χ1v) is 7.68.